The van der Waals surface area contributed by atoms with Gasteiger partial charge in [0.15, 0.2) is 0 Å². The van der Waals surface area contributed by atoms with Crippen LogP contribution in [0.25, 0.3) is 0 Å². The molecule has 1 unspecified atom stereocenters. The van der Waals surface area contributed by atoms with E-state index in [2.05, 4.69) is 0 Å². The van der Waals surface area contributed by atoms with Crippen LogP contribution in [0.1, 0.15) is 17.3 Å². The zero-order valence-corrected chi connectivity index (χ0v) is 6.85. The van der Waals surface area contributed by atoms with Gasteiger partial charge in [0.2, 0.25) is 6.17 Å². The molecule has 0 saturated heterocycles. The van der Waals surface area contributed by atoms with Gasteiger partial charge in [-0.1, -0.05) is 12.1 Å². The number of benzene rings is 1. The molecule has 0 aliphatic carbocycles. The average molecular weight is 203 g/mol. The second-order valence-corrected chi connectivity index (χ2v) is 2.64. The predicted molar refractivity (Wildman–Crippen MR) is 41.1 cm³/mol. The summed E-state index contributed by atoms with van der Waals surface area (Å²) in [7, 11) is 0. The van der Waals surface area contributed by atoms with Gasteiger partial charge in [-0.05, 0) is 17.7 Å². The Bertz CT molecular complexity index is 347. The van der Waals surface area contributed by atoms with Crippen LogP contribution in [-0.2, 0) is 0 Å². The lowest BCUT2D eigenvalue weighted by Gasteiger charge is -2.11. The SMILES string of the molecule is N#Cc1ccc(C(F)C(F)(F)F)cc1. The number of hydrogen-bond acceptors (Lipinski definition) is 1. The van der Waals surface area contributed by atoms with Crippen molar-refractivity contribution >= 4 is 0 Å². The van der Waals surface area contributed by atoms with E-state index in [1.807, 2.05) is 0 Å². The van der Waals surface area contributed by atoms with E-state index in [1.54, 1.807) is 6.07 Å². The van der Waals surface area contributed by atoms with Crippen LogP contribution in [0.4, 0.5) is 17.6 Å². The molecule has 0 fully saturated rings. The van der Waals surface area contributed by atoms with Gasteiger partial charge in [-0.3, -0.25) is 0 Å². The van der Waals surface area contributed by atoms with Crippen LogP contribution in [0.5, 0.6) is 0 Å². The third-order valence-corrected chi connectivity index (χ3v) is 1.62. The Morgan fingerprint density at radius 1 is 1.14 bits per heavy atom. The second-order valence-electron chi connectivity index (χ2n) is 2.64. The largest absolute Gasteiger partial charge is 0.423 e. The molecule has 0 aliphatic heterocycles. The summed E-state index contributed by atoms with van der Waals surface area (Å²) in [5.41, 5.74) is -0.292. The van der Waals surface area contributed by atoms with E-state index in [0.29, 0.717) is 0 Å². The fraction of sp³-hybridized carbons (Fsp3) is 0.222. The van der Waals surface area contributed by atoms with Crippen molar-refractivity contribution in [1.82, 2.24) is 0 Å². The van der Waals surface area contributed by atoms with Crippen molar-refractivity contribution in [1.29, 1.82) is 5.26 Å². The van der Waals surface area contributed by atoms with E-state index in [1.165, 1.54) is 0 Å². The maximum atomic E-state index is 12.7. The summed E-state index contributed by atoms with van der Waals surface area (Å²) >= 11 is 0. The molecule has 0 radical (unpaired) electrons. The van der Waals surface area contributed by atoms with Crippen LogP contribution in [0.3, 0.4) is 0 Å². The lowest BCUT2D eigenvalue weighted by Crippen LogP contribution is -2.16. The van der Waals surface area contributed by atoms with Gasteiger partial charge in [-0.15, -0.1) is 0 Å². The molecule has 1 aromatic carbocycles. The Morgan fingerprint density at radius 2 is 1.64 bits per heavy atom. The lowest BCUT2D eigenvalue weighted by molar-refractivity contribution is -0.182. The van der Waals surface area contributed by atoms with Crippen LogP contribution in [0.15, 0.2) is 24.3 Å². The third kappa shape index (κ3) is 2.22. The Kier molecular flexibility index (Phi) is 2.75. The van der Waals surface area contributed by atoms with Gasteiger partial charge < -0.3 is 0 Å². The molecule has 0 heterocycles. The highest BCUT2D eigenvalue weighted by Crippen LogP contribution is 2.35. The Balaban J connectivity index is 2.94. The molecular weight excluding hydrogens is 198 g/mol. The van der Waals surface area contributed by atoms with Crippen molar-refractivity contribution in [2.45, 2.75) is 12.3 Å². The Morgan fingerprint density at radius 3 is 2.00 bits per heavy atom. The highest BCUT2D eigenvalue weighted by atomic mass is 19.4. The van der Waals surface area contributed by atoms with Gasteiger partial charge in [-0.25, -0.2) is 4.39 Å². The Hall–Kier alpha value is -1.57. The fourth-order valence-electron chi connectivity index (χ4n) is 0.916. The molecule has 1 nitrogen and oxygen atoms in total. The standard InChI is InChI=1S/C9H5F4N/c10-8(9(11,12)13)7-3-1-6(5-14)2-4-7/h1-4,8H. The highest BCUT2D eigenvalue weighted by molar-refractivity contribution is 5.32. The molecule has 14 heavy (non-hydrogen) atoms. The normalized spacial score (nSPS) is 13.4. The first-order chi connectivity index (χ1) is 6.45. The summed E-state index contributed by atoms with van der Waals surface area (Å²) in [4.78, 5) is 0. The number of rotatable bonds is 1. The number of nitriles is 1. The maximum absolute atomic E-state index is 12.7. The summed E-state index contributed by atoms with van der Waals surface area (Å²) in [5, 5.41) is 8.36. The minimum Gasteiger partial charge on any atom is -0.232 e. The van der Waals surface area contributed by atoms with Gasteiger partial charge in [-0.2, -0.15) is 18.4 Å². The van der Waals surface area contributed by atoms with Crippen LogP contribution >= 0.6 is 0 Å². The quantitative estimate of drug-likeness (QED) is 0.643. The van der Waals surface area contributed by atoms with Crippen molar-refractivity contribution < 1.29 is 17.6 Å². The minimum atomic E-state index is -4.89. The maximum Gasteiger partial charge on any atom is 0.423 e. The number of alkyl halides is 4. The predicted octanol–water partition coefficient (Wildman–Crippen LogP) is 3.13. The molecule has 0 aromatic heterocycles. The summed E-state index contributed by atoms with van der Waals surface area (Å²) in [5.74, 6) is 0. The minimum absolute atomic E-state index is 0.197. The molecule has 1 rings (SSSR count). The molecule has 0 saturated carbocycles. The Labute approximate surface area is 77.6 Å². The smallest absolute Gasteiger partial charge is 0.232 e. The summed E-state index contributed by atoms with van der Waals surface area (Å²) < 4.78 is 48.3. The van der Waals surface area contributed by atoms with E-state index < -0.39 is 17.9 Å². The van der Waals surface area contributed by atoms with E-state index >= 15 is 0 Å². The van der Waals surface area contributed by atoms with Gasteiger partial charge in [0.05, 0.1) is 11.6 Å². The van der Waals surface area contributed by atoms with Crippen molar-refractivity contribution in [2.24, 2.45) is 0 Å². The van der Waals surface area contributed by atoms with Gasteiger partial charge in [0, 0.05) is 0 Å². The van der Waals surface area contributed by atoms with E-state index in [9.17, 15) is 17.6 Å². The first kappa shape index (κ1) is 10.5. The van der Waals surface area contributed by atoms with E-state index in [-0.39, 0.29) is 5.56 Å². The van der Waals surface area contributed by atoms with Crippen LogP contribution in [0, 0.1) is 11.3 Å². The molecule has 0 amide bonds. The topological polar surface area (TPSA) is 23.8 Å². The molecular formula is C9H5F4N. The first-order valence-electron chi connectivity index (χ1n) is 3.66. The average Bonchev–Trinajstić information content (AvgIpc) is 2.15. The second kappa shape index (κ2) is 3.66. The summed E-state index contributed by atoms with van der Waals surface area (Å²) in [6, 6.07) is 5.93. The van der Waals surface area contributed by atoms with E-state index in [4.69, 9.17) is 5.26 Å². The molecule has 0 N–H and O–H groups in total. The molecule has 0 bridgehead atoms. The molecule has 1 atom stereocenters. The molecule has 0 aliphatic rings. The van der Waals surface area contributed by atoms with Gasteiger partial charge in [0.25, 0.3) is 0 Å². The zero-order valence-electron chi connectivity index (χ0n) is 6.85. The van der Waals surface area contributed by atoms with Crippen molar-refractivity contribution in [2.75, 3.05) is 0 Å². The highest BCUT2D eigenvalue weighted by Gasteiger charge is 2.41. The van der Waals surface area contributed by atoms with Crippen LogP contribution in [0.2, 0.25) is 0 Å². The van der Waals surface area contributed by atoms with Gasteiger partial charge in [0.1, 0.15) is 0 Å². The van der Waals surface area contributed by atoms with Crippen molar-refractivity contribution in [3.05, 3.63) is 35.4 Å². The molecule has 74 valence electrons. The molecule has 0 spiro atoms. The van der Waals surface area contributed by atoms with Crippen molar-refractivity contribution in [3.8, 4) is 6.07 Å². The molecule has 5 heteroatoms. The number of hydrogen-bond donors (Lipinski definition) is 0. The number of halogens is 4. The van der Waals surface area contributed by atoms with E-state index in [0.717, 1.165) is 24.3 Å². The molecule has 1 aromatic rings. The van der Waals surface area contributed by atoms with Gasteiger partial charge >= 0.3 is 6.18 Å². The van der Waals surface area contributed by atoms with Crippen molar-refractivity contribution in [3.63, 3.8) is 0 Å². The summed E-state index contributed by atoms with van der Waals surface area (Å²) in [6.07, 6.45) is -7.89. The first-order valence-corrected chi connectivity index (χ1v) is 3.66. The third-order valence-electron chi connectivity index (χ3n) is 1.62. The lowest BCUT2D eigenvalue weighted by atomic mass is 10.1. The monoisotopic (exact) mass is 203 g/mol. The fourth-order valence-corrected chi connectivity index (χ4v) is 0.916. The number of nitrogens with zero attached hydrogens (tertiary/aromatic N) is 1. The van der Waals surface area contributed by atoms with Crippen LogP contribution < -0.4 is 0 Å². The summed E-state index contributed by atoms with van der Waals surface area (Å²) in [6.45, 7) is 0. The zero-order chi connectivity index (χ0) is 10.8. The van der Waals surface area contributed by atoms with Crippen LogP contribution in [-0.4, -0.2) is 6.18 Å².